The molecular formula is C22H31N5O2. The van der Waals surface area contributed by atoms with Gasteiger partial charge in [-0.2, -0.15) is 5.10 Å². The van der Waals surface area contributed by atoms with Gasteiger partial charge in [0.05, 0.1) is 24.5 Å². The first-order valence-corrected chi connectivity index (χ1v) is 10.1. The predicted molar refractivity (Wildman–Crippen MR) is 113 cm³/mol. The van der Waals surface area contributed by atoms with E-state index in [1.54, 1.807) is 23.3 Å². The molecule has 0 spiro atoms. The number of hydrogen-bond acceptors (Lipinski definition) is 5. The lowest BCUT2D eigenvalue weighted by atomic mass is 9.81. The zero-order valence-corrected chi connectivity index (χ0v) is 18.2. The van der Waals surface area contributed by atoms with Crippen molar-refractivity contribution >= 4 is 11.5 Å². The lowest BCUT2D eigenvalue weighted by molar-refractivity contribution is 0.0841. The molecule has 0 unspecified atom stereocenters. The minimum absolute atomic E-state index is 0.128. The van der Waals surface area contributed by atoms with Gasteiger partial charge in [-0.05, 0) is 43.6 Å². The van der Waals surface area contributed by atoms with E-state index in [9.17, 15) is 9.90 Å². The SMILES string of the molecule is CC(C)=C1CC[C@@H](C)c2c(C(=O)N[C@H](CO)C(C)(C)C)nn(-c3cnccn3)c21. The van der Waals surface area contributed by atoms with E-state index in [-0.39, 0.29) is 29.9 Å². The summed E-state index contributed by atoms with van der Waals surface area (Å²) >= 11 is 0. The first-order valence-electron chi connectivity index (χ1n) is 10.1. The lowest BCUT2D eigenvalue weighted by Gasteiger charge is -2.30. The Hall–Kier alpha value is -2.54. The van der Waals surface area contributed by atoms with Crippen LogP contribution in [0.25, 0.3) is 11.4 Å². The van der Waals surface area contributed by atoms with E-state index in [2.05, 4.69) is 36.1 Å². The second-order valence-corrected chi connectivity index (χ2v) is 9.08. The van der Waals surface area contributed by atoms with Gasteiger partial charge >= 0.3 is 0 Å². The fourth-order valence-electron chi connectivity index (χ4n) is 3.79. The Morgan fingerprint density at radius 2 is 2.07 bits per heavy atom. The van der Waals surface area contributed by atoms with Crippen LogP contribution in [0.2, 0.25) is 0 Å². The molecule has 0 fully saturated rings. The van der Waals surface area contributed by atoms with Crippen molar-refractivity contribution in [1.82, 2.24) is 25.1 Å². The van der Waals surface area contributed by atoms with E-state index >= 15 is 0 Å². The first-order chi connectivity index (χ1) is 13.6. The maximum Gasteiger partial charge on any atom is 0.272 e. The van der Waals surface area contributed by atoms with Crippen LogP contribution in [0.1, 0.15) is 82.0 Å². The fraction of sp³-hybridized carbons (Fsp3) is 0.545. The van der Waals surface area contributed by atoms with Crippen LogP contribution in [-0.4, -0.2) is 43.4 Å². The number of carbonyl (C=O) groups excluding carboxylic acids is 1. The van der Waals surface area contributed by atoms with Gasteiger partial charge in [0.1, 0.15) is 0 Å². The van der Waals surface area contributed by atoms with E-state index < -0.39 is 0 Å². The Bertz CT molecular complexity index is 921. The number of amides is 1. The summed E-state index contributed by atoms with van der Waals surface area (Å²) in [5.41, 5.74) is 4.43. The molecule has 1 aliphatic rings. The fourth-order valence-corrected chi connectivity index (χ4v) is 3.79. The average molecular weight is 398 g/mol. The Kier molecular flexibility index (Phi) is 5.89. The highest BCUT2D eigenvalue weighted by Crippen LogP contribution is 2.42. The second-order valence-electron chi connectivity index (χ2n) is 9.08. The molecule has 7 heteroatoms. The van der Waals surface area contributed by atoms with Gasteiger partial charge < -0.3 is 10.4 Å². The standard InChI is InChI=1S/C22H31N5O2/c1-13(2)15-8-7-14(3)18-19(21(29)25-16(12-28)22(4,5)6)26-27(20(15)18)17-11-23-9-10-24-17/h9-11,14,16,28H,7-8,12H2,1-6H3,(H,25,29)/t14-,16-/m1/s1. The minimum Gasteiger partial charge on any atom is -0.394 e. The quantitative estimate of drug-likeness (QED) is 0.824. The van der Waals surface area contributed by atoms with Crippen LogP contribution >= 0.6 is 0 Å². The zero-order valence-electron chi connectivity index (χ0n) is 18.2. The van der Waals surface area contributed by atoms with Crippen molar-refractivity contribution < 1.29 is 9.90 Å². The molecule has 0 saturated carbocycles. The van der Waals surface area contributed by atoms with Crippen LogP contribution in [0, 0.1) is 5.41 Å². The lowest BCUT2D eigenvalue weighted by Crippen LogP contribution is -2.46. The maximum atomic E-state index is 13.2. The number of aromatic nitrogens is 4. The van der Waals surface area contributed by atoms with Crippen molar-refractivity contribution in [3.8, 4) is 5.82 Å². The van der Waals surface area contributed by atoms with E-state index in [1.165, 1.54) is 11.1 Å². The molecule has 0 bridgehead atoms. The van der Waals surface area contributed by atoms with Crippen molar-refractivity contribution in [3.05, 3.63) is 41.1 Å². The molecule has 156 valence electrons. The third-order valence-corrected chi connectivity index (χ3v) is 5.65. The number of fused-ring (bicyclic) bond motifs is 1. The molecule has 2 N–H and O–H groups in total. The summed E-state index contributed by atoms with van der Waals surface area (Å²) in [4.78, 5) is 21.8. The Labute approximate surface area is 172 Å². The van der Waals surface area contributed by atoms with Crippen LogP contribution in [0.5, 0.6) is 0 Å². The molecule has 0 radical (unpaired) electrons. The Morgan fingerprint density at radius 3 is 2.62 bits per heavy atom. The number of nitrogens with one attached hydrogen (secondary N) is 1. The summed E-state index contributed by atoms with van der Waals surface area (Å²) in [6.07, 6.45) is 6.79. The summed E-state index contributed by atoms with van der Waals surface area (Å²) in [7, 11) is 0. The van der Waals surface area contributed by atoms with E-state index in [0.29, 0.717) is 11.5 Å². The first kappa shape index (κ1) is 21.2. The molecular weight excluding hydrogens is 366 g/mol. The molecule has 1 aliphatic carbocycles. The zero-order chi connectivity index (χ0) is 21.3. The van der Waals surface area contributed by atoms with Crippen molar-refractivity contribution in [2.24, 2.45) is 5.41 Å². The average Bonchev–Trinajstić information content (AvgIpc) is 3.07. The van der Waals surface area contributed by atoms with Crippen LogP contribution in [0.15, 0.2) is 24.2 Å². The van der Waals surface area contributed by atoms with Gasteiger partial charge in [0.2, 0.25) is 0 Å². The molecule has 0 aromatic carbocycles. The summed E-state index contributed by atoms with van der Waals surface area (Å²) in [5.74, 6) is 0.520. The van der Waals surface area contributed by atoms with Gasteiger partial charge in [-0.3, -0.25) is 9.78 Å². The molecule has 2 atom stereocenters. The molecule has 29 heavy (non-hydrogen) atoms. The Morgan fingerprint density at radius 1 is 1.34 bits per heavy atom. The normalized spacial score (nSPS) is 17.6. The van der Waals surface area contributed by atoms with Crippen molar-refractivity contribution in [2.75, 3.05) is 6.61 Å². The Balaban J connectivity index is 2.17. The van der Waals surface area contributed by atoms with E-state index in [0.717, 1.165) is 24.1 Å². The van der Waals surface area contributed by atoms with Gasteiger partial charge in [0.25, 0.3) is 5.91 Å². The molecule has 0 aliphatic heterocycles. The third kappa shape index (κ3) is 4.10. The number of nitrogens with zero attached hydrogens (tertiary/aromatic N) is 4. The highest BCUT2D eigenvalue weighted by molar-refractivity contribution is 5.96. The van der Waals surface area contributed by atoms with Crippen LogP contribution < -0.4 is 5.32 Å². The second kappa shape index (κ2) is 8.06. The monoisotopic (exact) mass is 397 g/mol. The molecule has 1 amide bonds. The van der Waals surface area contributed by atoms with Gasteiger partial charge in [0.15, 0.2) is 11.5 Å². The predicted octanol–water partition coefficient (Wildman–Crippen LogP) is 3.49. The van der Waals surface area contributed by atoms with Crippen molar-refractivity contribution in [2.45, 2.75) is 66.3 Å². The van der Waals surface area contributed by atoms with Crippen molar-refractivity contribution in [1.29, 1.82) is 0 Å². The van der Waals surface area contributed by atoms with Gasteiger partial charge in [-0.1, -0.05) is 33.3 Å². The third-order valence-electron chi connectivity index (χ3n) is 5.65. The van der Waals surface area contributed by atoms with Gasteiger partial charge in [0, 0.05) is 18.0 Å². The summed E-state index contributed by atoms with van der Waals surface area (Å²) in [6.45, 7) is 12.2. The summed E-state index contributed by atoms with van der Waals surface area (Å²) in [5, 5.41) is 17.5. The number of aliphatic hydroxyl groups is 1. The highest BCUT2D eigenvalue weighted by atomic mass is 16.3. The van der Waals surface area contributed by atoms with Crippen molar-refractivity contribution in [3.63, 3.8) is 0 Å². The molecule has 2 heterocycles. The smallest absolute Gasteiger partial charge is 0.272 e. The maximum absolute atomic E-state index is 13.2. The summed E-state index contributed by atoms with van der Waals surface area (Å²) in [6, 6.07) is -0.367. The molecule has 2 aromatic heterocycles. The molecule has 3 rings (SSSR count). The summed E-state index contributed by atoms with van der Waals surface area (Å²) < 4.78 is 1.75. The van der Waals surface area contributed by atoms with Gasteiger partial charge in [-0.25, -0.2) is 9.67 Å². The largest absolute Gasteiger partial charge is 0.394 e. The molecule has 0 saturated heterocycles. The van der Waals surface area contributed by atoms with Crippen LogP contribution in [0.3, 0.4) is 0 Å². The van der Waals surface area contributed by atoms with Crippen LogP contribution in [0.4, 0.5) is 0 Å². The van der Waals surface area contributed by atoms with E-state index in [4.69, 9.17) is 5.10 Å². The number of allylic oxidation sites excluding steroid dienone is 2. The number of carbonyl (C=O) groups is 1. The highest BCUT2D eigenvalue weighted by Gasteiger charge is 2.35. The number of hydrogen-bond donors (Lipinski definition) is 2. The van der Waals surface area contributed by atoms with Gasteiger partial charge in [-0.15, -0.1) is 0 Å². The topological polar surface area (TPSA) is 92.9 Å². The van der Waals surface area contributed by atoms with Crippen LogP contribution in [-0.2, 0) is 0 Å². The molecule has 2 aromatic rings. The van der Waals surface area contributed by atoms with E-state index in [1.807, 2.05) is 20.8 Å². The minimum atomic E-state index is -0.367. The number of aliphatic hydroxyl groups excluding tert-OH is 1. The number of rotatable bonds is 4. The molecule has 7 nitrogen and oxygen atoms in total.